The molecule has 176 valence electrons. The molecule has 4 aromatic rings. The molecular weight excluding hydrogens is 452 g/mol. The van der Waals surface area contributed by atoms with Crippen molar-refractivity contribution in [3.05, 3.63) is 54.4 Å². The van der Waals surface area contributed by atoms with Gasteiger partial charge in [0.2, 0.25) is 11.1 Å². The second kappa shape index (κ2) is 9.84. The minimum absolute atomic E-state index is 0.0512. The number of hydrogen-bond acceptors (Lipinski definition) is 8. The number of nitrogens with one attached hydrogen (secondary N) is 3. The fourth-order valence-corrected chi connectivity index (χ4v) is 4.72. The Labute approximate surface area is 200 Å². The van der Waals surface area contributed by atoms with Crippen LogP contribution in [0.25, 0.3) is 5.52 Å². The third-order valence-corrected chi connectivity index (χ3v) is 6.53. The highest BCUT2D eigenvalue weighted by molar-refractivity contribution is 7.99. The lowest BCUT2D eigenvalue weighted by Gasteiger charge is -2.15. The number of carbonyl (C=O) groups excluding carboxylic acids is 1. The molecule has 3 aromatic heterocycles. The van der Waals surface area contributed by atoms with E-state index >= 15 is 0 Å². The number of carbonyl (C=O) groups is 1. The summed E-state index contributed by atoms with van der Waals surface area (Å²) >= 11 is 1.44. The largest absolute Gasteiger partial charge is 0.396 e. The Kier molecular flexibility index (Phi) is 6.48. The fraction of sp³-hybridized carbons (Fsp3) is 0.304. The van der Waals surface area contributed by atoms with Gasteiger partial charge in [-0.25, -0.2) is 9.50 Å². The van der Waals surface area contributed by atoms with Crippen LogP contribution in [0, 0.1) is 12.8 Å². The zero-order chi connectivity index (χ0) is 23.5. The first kappa shape index (κ1) is 22.4. The van der Waals surface area contributed by atoms with Gasteiger partial charge in [-0.15, -0.1) is 5.10 Å². The Balaban J connectivity index is 1.24. The molecule has 4 heterocycles. The molecule has 1 atom stereocenters. The molecule has 4 N–H and O–H groups in total. The molecule has 1 fully saturated rings. The zero-order valence-corrected chi connectivity index (χ0v) is 19.5. The topological polar surface area (TPSA) is 123 Å². The van der Waals surface area contributed by atoms with Crippen molar-refractivity contribution in [2.45, 2.75) is 23.4 Å². The van der Waals surface area contributed by atoms with Crippen LogP contribution >= 0.6 is 11.8 Å². The minimum Gasteiger partial charge on any atom is -0.396 e. The normalized spacial score (nSPS) is 16.2. The first-order valence-corrected chi connectivity index (χ1v) is 11.9. The molecule has 1 aromatic carbocycles. The van der Waals surface area contributed by atoms with Crippen LogP contribution in [0.15, 0.2) is 58.7 Å². The van der Waals surface area contributed by atoms with Crippen LogP contribution in [-0.4, -0.2) is 67.0 Å². The van der Waals surface area contributed by atoms with Gasteiger partial charge in [-0.3, -0.25) is 14.8 Å². The standard InChI is InChI=1S/C23H26N8O2S/c1-15-11-20(28-27-15)25-22-19-3-2-9-31(19)29-23(26-22)34-18-6-4-17(5-7-18)24-21(33)13-30-10-8-16(12-30)14-32/h2-7,9,11,16,32H,8,10,12-14H2,1H3,(H,24,33)(H2,25,26,27,28,29)/t16-/m0/s1. The lowest BCUT2D eigenvalue weighted by atomic mass is 10.1. The number of fused-ring (bicyclic) bond motifs is 1. The summed E-state index contributed by atoms with van der Waals surface area (Å²) < 4.78 is 1.78. The van der Waals surface area contributed by atoms with Gasteiger partial charge < -0.3 is 15.7 Å². The average Bonchev–Trinajstić information content (AvgIpc) is 3.56. The van der Waals surface area contributed by atoms with E-state index in [1.807, 2.05) is 55.6 Å². The molecule has 0 unspecified atom stereocenters. The van der Waals surface area contributed by atoms with Gasteiger partial charge >= 0.3 is 0 Å². The van der Waals surface area contributed by atoms with E-state index in [1.165, 1.54) is 11.8 Å². The SMILES string of the molecule is Cc1cc(Nc2nc(Sc3ccc(NC(=O)CN4CC[C@H](CO)C4)cc3)nn3cccc23)n[nH]1. The van der Waals surface area contributed by atoms with Crippen LogP contribution in [0.2, 0.25) is 0 Å². The first-order chi connectivity index (χ1) is 16.6. The van der Waals surface area contributed by atoms with Crippen LogP contribution in [0.5, 0.6) is 0 Å². The molecule has 34 heavy (non-hydrogen) atoms. The van der Waals surface area contributed by atoms with E-state index in [2.05, 4.69) is 35.8 Å². The molecule has 5 rings (SSSR count). The zero-order valence-electron chi connectivity index (χ0n) is 18.7. The summed E-state index contributed by atoms with van der Waals surface area (Å²) in [5.74, 6) is 1.58. The third kappa shape index (κ3) is 5.22. The van der Waals surface area contributed by atoms with Gasteiger partial charge in [0.05, 0.1) is 6.54 Å². The molecule has 11 heteroatoms. The molecule has 1 amide bonds. The predicted molar refractivity (Wildman–Crippen MR) is 130 cm³/mol. The summed E-state index contributed by atoms with van der Waals surface area (Å²) in [5.41, 5.74) is 2.55. The smallest absolute Gasteiger partial charge is 0.238 e. The van der Waals surface area contributed by atoms with Gasteiger partial charge in [-0.05, 0) is 74.0 Å². The van der Waals surface area contributed by atoms with E-state index in [9.17, 15) is 9.90 Å². The van der Waals surface area contributed by atoms with E-state index in [0.717, 1.165) is 41.3 Å². The summed E-state index contributed by atoms with van der Waals surface area (Å²) in [6.45, 7) is 4.07. The molecule has 10 nitrogen and oxygen atoms in total. The van der Waals surface area contributed by atoms with Crippen molar-refractivity contribution in [1.82, 2.24) is 29.7 Å². The van der Waals surface area contributed by atoms with Crippen LogP contribution in [0.1, 0.15) is 12.1 Å². The number of H-pyrrole nitrogens is 1. The van der Waals surface area contributed by atoms with Crippen molar-refractivity contribution in [2.24, 2.45) is 5.92 Å². The Morgan fingerprint density at radius 1 is 1.29 bits per heavy atom. The second-order valence-electron chi connectivity index (χ2n) is 8.39. The van der Waals surface area contributed by atoms with Gasteiger partial charge in [0.25, 0.3) is 0 Å². The third-order valence-electron chi connectivity index (χ3n) is 5.67. The molecule has 1 saturated heterocycles. The maximum atomic E-state index is 12.4. The predicted octanol–water partition coefficient (Wildman–Crippen LogP) is 2.91. The van der Waals surface area contributed by atoms with E-state index in [1.54, 1.807) is 4.52 Å². The average molecular weight is 479 g/mol. The molecular formula is C23H26N8O2S. The van der Waals surface area contributed by atoms with Crippen molar-refractivity contribution in [1.29, 1.82) is 0 Å². The van der Waals surface area contributed by atoms with Crippen molar-refractivity contribution < 1.29 is 9.90 Å². The van der Waals surface area contributed by atoms with Crippen molar-refractivity contribution in [3.8, 4) is 0 Å². The Morgan fingerprint density at radius 2 is 2.15 bits per heavy atom. The van der Waals surface area contributed by atoms with Gasteiger partial charge in [0, 0.05) is 41.7 Å². The lowest BCUT2D eigenvalue weighted by molar-refractivity contribution is -0.117. The molecule has 0 aliphatic carbocycles. The molecule has 0 spiro atoms. The minimum atomic E-state index is -0.0512. The summed E-state index contributed by atoms with van der Waals surface area (Å²) in [7, 11) is 0. The van der Waals surface area contributed by atoms with Gasteiger partial charge in [0.1, 0.15) is 5.52 Å². The van der Waals surface area contributed by atoms with E-state index < -0.39 is 0 Å². The summed E-state index contributed by atoms with van der Waals surface area (Å²) in [6.07, 6.45) is 2.81. The first-order valence-electron chi connectivity index (χ1n) is 11.1. The number of aryl methyl sites for hydroxylation is 1. The number of likely N-dealkylation sites (tertiary alicyclic amines) is 1. The Morgan fingerprint density at radius 3 is 2.88 bits per heavy atom. The number of aromatic nitrogens is 5. The van der Waals surface area contributed by atoms with Crippen LogP contribution in [0.4, 0.5) is 17.3 Å². The molecule has 0 saturated carbocycles. The number of rotatable bonds is 8. The number of benzene rings is 1. The van der Waals surface area contributed by atoms with Crippen molar-refractivity contribution in [2.75, 3.05) is 36.9 Å². The van der Waals surface area contributed by atoms with E-state index in [0.29, 0.717) is 23.3 Å². The van der Waals surface area contributed by atoms with Gasteiger partial charge in [0.15, 0.2) is 11.6 Å². The monoisotopic (exact) mass is 478 g/mol. The van der Waals surface area contributed by atoms with Crippen LogP contribution in [-0.2, 0) is 4.79 Å². The molecule has 0 bridgehead atoms. The highest BCUT2D eigenvalue weighted by Gasteiger charge is 2.23. The number of aliphatic hydroxyl groups is 1. The summed E-state index contributed by atoms with van der Waals surface area (Å²) in [5, 5.41) is 27.8. The molecule has 0 radical (unpaired) electrons. The van der Waals surface area contributed by atoms with E-state index in [4.69, 9.17) is 0 Å². The van der Waals surface area contributed by atoms with Crippen LogP contribution < -0.4 is 10.6 Å². The van der Waals surface area contributed by atoms with Gasteiger partial charge in [-0.1, -0.05) is 0 Å². The van der Waals surface area contributed by atoms with E-state index in [-0.39, 0.29) is 18.4 Å². The highest BCUT2D eigenvalue weighted by atomic mass is 32.2. The number of aliphatic hydroxyl groups excluding tert-OH is 1. The van der Waals surface area contributed by atoms with Crippen molar-refractivity contribution in [3.63, 3.8) is 0 Å². The quantitative estimate of drug-likeness (QED) is 0.305. The number of amides is 1. The number of anilines is 3. The highest BCUT2D eigenvalue weighted by Crippen LogP contribution is 2.29. The maximum Gasteiger partial charge on any atom is 0.238 e. The number of nitrogens with zero attached hydrogens (tertiary/aromatic N) is 5. The second-order valence-corrected chi connectivity index (χ2v) is 9.43. The fourth-order valence-electron chi connectivity index (χ4n) is 3.97. The van der Waals surface area contributed by atoms with Crippen molar-refractivity contribution >= 4 is 40.5 Å². The summed E-state index contributed by atoms with van der Waals surface area (Å²) in [4.78, 5) is 20.1. The number of aromatic amines is 1. The summed E-state index contributed by atoms with van der Waals surface area (Å²) in [6, 6.07) is 13.4. The van der Waals surface area contributed by atoms with Gasteiger partial charge in [-0.2, -0.15) is 5.10 Å². The maximum absolute atomic E-state index is 12.4. The molecule has 1 aliphatic rings. The molecule has 1 aliphatic heterocycles. The van der Waals surface area contributed by atoms with Crippen LogP contribution in [0.3, 0.4) is 0 Å². The number of hydrogen-bond donors (Lipinski definition) is 4. The lowest BCUT2D eigenvalue weighted by Crippen LogP contribution is -2.31. The Bertz CT molecular complexity index is 1290. The Hall–Kier alpha value is -3.41.